The fourth-order valence-electron chi connectivity index (χ4n) is 2.81. The van der Waals surface area contributed by atoms with Crippen molar-refractivity contribution in [2.45, 2.75) is 19.8 Å². The molecule has 0 unspecified atom stereocenters. The third-order valence-electron chi connectivity index (χ3n) is 4.33. The van der Waals surface area contributed by atoms with Gasteiger partial charge in [-0.3, -0.25) is 14.2 Å². The van der Waals surface area contributed by atoms with Gasteiger partial charge in [0.1, 0.15) is 5.82 Å². The van der Waals surface area contributed by atoms with E-state index in [-0.39, 0.29) is 17.3 Å². The van der Waals surface area contributed by atoms with Crippen LogP contribution in [0.1, 0.15) is 30.1 Å². The Morgan fingerprint density at radius 1 is 1.09 bits per heavy atom. The third-order valence-corrected chi connectivity index (χ3v) is 4.33. The molecule has 1 saturated heterocycles. The highest BCUT2D eigenvalue weighted by Crippen LogP contribution is 2.18. The Labute approximate surface area is 134 Å². The number of amides is 1. The largest absolute Gasteiger partial charge is 0.339 e. The summed E-state index contributed by atoms with van der Waals surface area (Å²) in [5, 5.41) is 0. The minimum Gasteiger partial charge on any atom is -0.339 e. The molecule has 0 spiro atoms. The fraction of sp³-hybridized carbons (Fsp3) is 0.333. The van der Waals surface area contributed by atoms with Crippen molar-refractivity contribution in [3.8, 4) is 5.69 Å². The Bertz CT molecular complexity index is 759. The van der Waals surface area contributed by atoms with Gasteiger partial charge in [-0.05, 0) is 49.1 Å². The SMILES string of the molecule is CC1CCN(C(=O)c2ccc(=O)n(-c3ccc(F)cc3)c2)CC1. The van der Waals surface area contributed by atoms with Gasteiger partial charge in [0.15, 0.2) is 0 Å². The van der Waals surface area contributed by atoms with Gasteiger partial charge in [0.05, 0.1) is 5.56 Å². The summed E-state index contributed by atoms with van der Waals surface area (Å²) in [6.07, 6.45) is 3.54. The molecule has 1 fully saturated rings. The van der Waals surface area contributed by atoms with Crippen molar-refractivity contribution < 1.29 is 9.18 Å². The molecule has 1 aromatic carbocycles. The molecular formula is C18H19FN2O2. The van der Waals surface area contributed by atoms with E-state index >= 15 is 0 Å². The number of nitrogens with zero attached hydrogens (tertiary/aromatic N) is 2. The lowest BCUT2D eigenvalue weighted by atomic mass is 9.99. The van der Waals surface area contributed by atoms with Crippen LogP contribution in [-0.4, -0.2) is 28.5 Å². The van der Waals surface area contributed by atoms with E-state index in [0.29, 0.717) is 17.2 Å². The number of hydrogen-bond acceptors (Lipinski definition) is 2. The fourth-order valence-corrected chi connectivity index (χ4v) is 2.81. The molecule has 0 aliphatic carbocycles. The summed E-state index contributed by atoms with van der Waals surface area (Å²) < 4.78 is 14.4. The van der Waals surface area contributed by atoms with E-state index in [1.165, 1.54) is 41.1 Å². The highest BCUT2D eigenvalue weighted by molar-refractivity contribution is 5.94. The first-order valence-electron chi connectivity index (χ1n) is 7.82. The number of aromatic nitrogens is 1. The number of carbonyl (C=O) groups is 1. The van der Waals surface area contributed by atoms with Crippen LogP contribution in [0.25, 0.3) is 5.69 Å². The van der Waals surface area contributed by atoms with Crippen molar-refractivity contribution in [1.29, 1.82) is 0 Å². The van der Waals surface area contributed by atoms with Crippen LogP contribution in [0.5, 0.6) is 0 Å². The summed E-state index contributed by atoms with van der Waals surface area (Å²) >= 11 is 0. The molecule has 2 heterocycles. The molecule has 5 heteroatoms. The zero-order valence-electron chi connectivity index (χ0n) is 13.0. The first-order valence-corrected chi connectivity index (χ1v) is 7.82. The second-order valence-corrected chi connectivity index (χ2v) is 6.08. The van der Waals surface area contributed by atoms with Crippen molar-refractivity contribution in [3.63, 3.8) is 0 Å². The molecule has 3 rings (SSSR count). The molecule has 4 nitrogen and oxygen atoms in total. The van der Waals surface area contributed by atoms with Gasteiger partial charge in [0.25, 0.3) is 11.5 Å². The van der Waals surface area contributed by atoms with Crippen LogP contribution in [0.3, 0.4) is 0 Å². The highest BCUT2D eigenvalue weighted by Gasteiger charge is 2.21. The van der Waals surface area contributed by atoms with Gasteiger partial charge in [-0.15, -0.1) is 0 Å². The second kappa shape index (κ2) is 6.36. The number of halogens is 1. The van der Waals surface area contributed by atoms with Crippen molar-refractivity contribution in [2.24, 2.45) is 5.92 Å². The molecule has 2 aromatic rings. The zero-order chi connectivity index (χ0) is 16.4. The number of benzene rings is 1. The Hall–Kier alpha value is -2.43. The lowest BCUT2D eigenvalue weighted by Gasteiger charge is -2.30. The average molecular weight is 314 g/mol. The topological polar surface area (TPSA) is 42.3 Å². The monoisotopic (exact) mass is 314 g/mol. The summed E-state index contributed by atoms with van der Waals surface area (Å²) in [7, 11) is 0. The number of pyridine rings is 1. The van der Waals surface area contributed by atoms with Gasteiger partial charge in [-0.25, -0.2) is 4.39 Å². The van der Waals surface area contributed by atoms with Crippen molar-refractivity contribution in [1.82, 2.24) is 9.47 Å². The zero-order valence-corrected chi connectivity index (χ0v) is 13.0. The van der Waals surface area contributed by atoms with E-state index < -0.39 is 0 Å². The van der Waals surface area contributed by atoms with E-state index in [1.54, 1.807) is 6.07 Å². The van der Waals surface area contributed by atoms with Crippen molar-refractivity contribution in [2.75, 3.05) is 13.1 Å². The maximum atomic E-state index is 13.0. The second-order valence-electron chi connectivity index (χ2n) is 6.08. The van der Waals surface area contributed by atoms with Crippen molar-refractivity contribution >= 4 is 5.91 Å². The summed E-state index contributed by atoms with van der Waals surface area (Å²) in [6.45, 7) is 3.68. The van der Waals surface area contributed by atoms with Gasteiger partial charge in [-0.2, -0.15) is 0 Å². The molecule has 0 radical (unpaired) electrons. The van der Waals surface area contributed by atoms with Crippen LogP contribution in [0.4, 0.5) is 4.39 Å². The predicted molar refractivity (Wildman–Crippen MR) is 86.3 cm³/mol. The number of rotatable bonds is 2. The molecule has 0 atom stereocenters. The van der Waals surface area contributed by atoms with E-state index in [0.717, 1.165) is 25.9 Å². The van der Waals surface area contributed by atoms with Crippen molar-refractivity contribution in [3.05, 3.63) is 64.3 Å². The van der Waals surface area contributed by atoms with Gasteiger partial charge < -0.3 is 4.90 Å². The van der Waals surface area contributed by atoms with E-state index in [2.05, 4.69) is 6.92 Å². The Morgan fingerprint density at radius 2 is 1.74 bits per heavy atom. The Balaban J connectivity index is 1.89. The summed E-state index contributed by atoms with van der Waals surface area (Å²) in [4.78, 5) is 26.5. The molecule has 0 bridgehead atoms. The molecule has 1 aliphatic rings. The van der Waals surface area contributed by atoms with Gasteiger partial charge >= 0.3 is 0 Å². The van der Waals surface area contributed by atoms with E-state index in [1.807, 2.05) is 4.90 Å². The smallest absolute Gasteiger partial charge is 0.255 e. The minimum atomic E-state index is -0.364. The van der Waals surface area contributed by atoms with Crippen LogP contribution in [-0.2, 0) is 0 Å². The summed E-state index contributed by atoms with van der Waals surface area (Å²) in [6, 6.07) is 8.57. The standard InChI is InChI=1S/C18H19FN2O2/c1-13-8-10-20(11-9-13)18(23)14-2-7-17(22)21(12-14)16-5-3-15(19)4-6-16/h2-7,12-13H,8-11H2,1H3. The molecule has 23 heavy (non-hydrogen) atoms. The molecule has 120 valence electrons. The molecule has 1 amide bonds. The average Bonchev–Trinajstić information content (AvgIpc) is 2.56. The van der Waals surface area contributed by atoms with E-state index in [9.17, 15) is 14.0 Å². The summed E-state index contributed by atoms with van der Waals surface area (Å²) in [5.74, 6) is 0.219. The van der Waals surface area contributed by atoms with E-state index in [4.69, 9.17) is 0 Å². The highest BCUT2D eigenvalue weighted by atomic mass is 19.1. The van der Waals surface area contributed by atoms with Crippen LogP contribution in [0.2, 0.25) is 0 Å². The lowest BCUT2D eigenvalue weighted by Crippen LogP contribution is -2.38. The first kappa shape index (κ1) is 15.5. The molecule has 0 saturated carbocycles. The van der Waals surface area contributed by atoms with Gasteiger partial charge in [-0.1, -0.05) is 6.92 Å². The first-order chi connectivity index (χ1) is 11.0. The Kier molecular flexibility index (Phi) is 4.28. The quantitative estimate of drug-likeness (QED) is 0.855. The van der Waals surface area contributed by atoms with Crippen LogP contribution in [0, 0.1) is 11.7 Å². The molecule has 0 N–H and O–H groups in total. The predicted octanol–water partition coefficient (Wildman–Crippen LogP) is 2.85. The number of likely N-dealkylation sites (tertiary alicyclic amines) is 1. The third kappa shape index (κ3) is 3.33. The molecule has 1 aromatic heterocycles. The van der Waals surface area contributed by atoms with Gasteiger partial charge in [0, 0.05) is 31.0 Å². The maximum absolute atomic E-state index is 13.0. The van der Waals surface area contributed by atoms with Crippen LogP contribution < -0.4 is 5.56 Å². The molecular weight excluding hydrogens is 295 g/mol. The van der Waals surface area contributed by atoms with Crippen LogP contribution >= 0.6 is 0 Å². The number of carbonyl (C=O) groups excluding carboxylic acids is 1. The van der Waals surface area contributed by atoms with Crippen LogP contribution in [0.15, 0.2) is 47.4 Å². The molecule has 1 aliphatic heterocycles. The number of piperidine rings is 1. The summed E-state index contributed by atoms with van der Waals surface area (Å²) in [5.41, 5.74) is 0.766. The number of hydrogen-bond donors (Lipinski definition) is 0. The Morgan fingerprint density at radius 3 is 2.39 bits per heavy atom. The van der Waals surface area contributed by atoms with Gasteiger partial charge in [0.2, 0.25) is 0 Å². The minimum absolute atomic E-state index is 0.0623. The maximum Gasteiger partial charge on any atom is 0.255 e. The normalized spacial score (nSPS) is 15.7. The lowest BCUT2D eigenvalue weighted by molar-refractivity contribution is 0.0696.